The molecule has 2 rings (SSSR count). The molecule has 1 aromatic rings. The van der Waals surface area contributed by atoms with E-state index in [0.717, 1.165) is 0 Å². The molecule has 38 heavy (non-hydrogen) atoms. The summed E-state index contributed by atoms with van der Waals surface area (Å²) < 4.78 is 29.4. The SMILES string of the molecule is CC(O)c1ncn([C@@H]2O[C@H](CO[Si](C)(C)C(C)(C)C)C(O[Si](C)(C)C(C)(C)C)[C@@H]2O[Si](C)(C)C(C)(C)C)n1. The molecule has 1 aromatic heterocycles. The number of ether oxygens (including phenoxy) is 1. The van der Waals surface area contributed by atoms with Crippen LogP contribution in [0.25, 0.3) is 0 Å². The van der Waals surface area contributed by atoms with E-state index < -0.39 is 37.3 Å². The van der Waals surface area contributed by atoms with Gasteiger partial charge < -0.3 is 23.1 Å². The van der Waals surface area contributed by atoms with Gasteiger partial charge in [-0.3, -0.25) is 0 Å². The summed E-state index contributed by atoms with van der Waals surface area (Å²) in [6.45, 7) is 35.9. The predicted octanol–water partition coefficient (Wildman–Crippen LogP) is 7.03. The maximum atomic E-state index is 10.1. The molecule has 0 bridgehead atoms. The van der Waals surface area contributed by atoms with Crippen LogP contribution in [0.5, 0.6) is 0 Å². The topological polar surface area (TPSA) is 87.9 Å². The summed E-state index contributed by atoms with van der Waals surface area (Å²) >= 11 is 0. The first-order valence-electron chi connectivity index (χ1n) is 14.0. The number of hydrogen-bond acceptors (Lipinski definition) is 7. The molecule has 1 N–H and O–H groups in total. The Bertz CT molecular complexity index is 930. The molecule has 1 aliphatic rings. The van der Waals surface area contributed by atoms with Gasteiger partial charge in [0.15, 0.2) is 37.0 Å². The van der Waals surface area contributed by atoms with Crippen LogP contribution in [-0.4, -0.2) is 69.7 Å². The normalized spacial score (nSPS) is 25.2. The second-order valence-corrected chi connectivity index (χ2v) is 29.9. The molecule has 0 radical (unpaired) electrons. The van der Waals surface area contributed by atoms with Crippen LogP contribution in [0.4, 0.5) is 0 Å². The maximum absolute atomic E-state index is 10.1. The third-order valence-corrected chi connectivity index (χ3v) is 22.8. The lowest BCUT2D eigenvalue weighted by Gasteiger charge is -2.44. The first-order valence-corrected chi connectivity index (χ1v) is 22.8. The first kappa shape index (κ1) is 33.8. The van der Waals surface area contributed by atoms with E-state index in [1.807, 2.05) is 0 Å². The van der Waals surface area contributed by atoms with Crippen LogP contribution in [0.1, 0.15) is 87.4 Å². The molecule has 0 saturated carbocycles. The molecular weight excluding hydrogens is 531 g/mol. The van der Waals surface area contributed by atoms with E-state index in [9.17, 15) is 5.11 Å². The largest absolute Gasteiger partial charge is 0.414 e. The second-order valence-electron chi connectivity index (χ2n) is 15.6. The van der Waals surface area contributed by atoms with Gasteiger partial charge in [-0.1, -0.05) is 62.3 Å². The van der Waals surface area contributed by atoms with Gasteiger partial charge in [-0.25, -0.2) is 9.67 Å². The minimum Gasteiger partial charge on any atom is -0.414 e. The van der Waals surface area contributed by atoms with Crippen molar-refractivity contribution in [3.63, 3.8) is 0 Å². The van der Waals surface area contributed by atoms with Gasteiger partial charge in [-0.2, -0.15) is 5.10 Å². The summed E-state index contributed by atoms with van der Waals surface area (Å²) in [6, 6.07) is 0. The van der Waals surface area contributed by atoms with E-state index in [1.54, 1.807) is 17.9 Å². The highest BCUT2D eigenvalue weighted by Gasteiger charge is 2.55. The van der Waals surface area contributed by atoms with Crippen LogP contribution in [0.2, 0.25) is 54.4 Å². The van der Waals surface area contributed by atoms with Gasteiger partial charge in [-0.15, -0.1) is 0 Å². The van der Waals surface area contributed by atoms with E-state index in [0.29, 0.717) is 12.4 Å². The van der Waals surface area contributed by atoms with Gasteiger partial charge in [0.2, 0.25) is 0 Å². The fourth-order valence-electron chi connectivity index (χ4n) is 3.47. The summed E-state index contributed by atoms with van der Waals surface area (Å²) in [5.74, 6) is 0.363. The Kier molecular flexibility index (Phi) is 9.88. The van der Waals surface area contributed by atoms with Crippen LogP contribution in [0.3, 0.4) is 0 Å². The number of aliphatic hydroxyl groups excluding tert-OH is 1. The van der Waals surface area contributed by atoms with Gasteiger partial charge >= 0.3 is 0 Å². The molecular formula is C27H57N3O5Si3. The van der Waals surface area contributed by atoms with E-state index in [4.69, 9.17) is 18.0 Å². The Morgan fingerprint density at radius 1 is 0.842 bits per heavy atom. The third-order valence-electron chi connectivity index (χ3n) is 9.33. The Hall–Kier alpha value is -0.409. The lowest BCUT2D eigenvalue weighted by atomic mass is 10.1. The van der Waals surface area contributed by atoms with Crippen LogP contribution in [0.15, 0.2) is 6.33 Å². The molecule has 8 nitrogen and oxygen atoms in total. The fraction of sp³-hybridized carbons (Fsp3) is 0.926. The first-order chi connectivity index (χ1) is 16.8. The van der Waals surface area contributed by atoms with Crippen molar-refractivity contribution < 1.29 is 23.1 Å². The van der Waals surface area contributed by atoms with E-state index in [2.05, 4.69) is 112 Å². The summed E-state index contributed by atoms with van der Waals surface area (Å²) in [4.78, 5) is 4.34. The molecule has 0 amide bonds. The quantitative estimate of drug-likeness (QED) is 0.310. The van der Waals surface area contributed by atoms with Crippen molar-refractivity contribution in [2.45, 2.75) is 154 Å². The maximum Gasteiger partial charge on any atom is 0.192 e. The lowest BCUT2D eigenvalue weighted by molar-refractivity contribution is -0.0551. The number of aliphatic hydroxyl groups is 1. The van der Waals surface area contributed by atoms with Crippen molar-refractivity contribution in [1.82, 2.24) is 14.8 Å². The van der Waals surface area contributed by atoms with Crippen molar-refractivity contribution in [3.8, 4) is 0 Å². The molecule has 2 heterocycles. The Morgan fingerprint density at radius 3 is 1.68 bits per heavy atom. The zero-order chi connectivity index (χ0) is 29.7. The standard InChI is InChI=1S/C27H57N3O5Si3/c1-19(31)23-28-18-30(29-23)24-22(35-38(15,16)27(8,9)10)21(34-37(13,14)26(5,6)7)20(33-24)17-32-36(11,12)25(2,3)4/h18-22,24,31H,17H2,1-16H3/t19?,20-,21?,22+,24-/m1/s1. The highest BCUT2D eigenvalue weighted by atomic mass is 28.4. The minimum atomic E-state index is -2.23. The summed E-state index contributed by atoms with van der Waals surface area (Å²) in [5, 5.41) is 14.8. The molecule has 0 aromatic carbocycles. The molecule has 5 atom stereocenters. The van der Waals surface area contributed by atoms with Crippen molar-refractivity contribution >= 4 is 25.0 Å². The molecule has 1 fully saturated rings. The van der Waals surface area contributed by atoms with Gasteiger partial charge in [0.05, 0.1) is 6.61 Å². The highest BCUT2D eigenvalue weighted by molar-refractivity contribution is 6.75. The molecule has 2 unspecified atom stereocenters. The number of nitrogens with zero attached hydrogens (tertiary/aromatic N) is 3. The summed E-state index contributed by atoms with van der Waals surface area (Å²) in [6.07, 6.45) is -0.700. The van der Waals surface area contributed by atoms with Gasteiger partial charge in [0.25, 0.3) is 0 Å². The van der Waals surface area contributed by atoms with E-state index in [1.165, 1.54) is 0 Å². The van der Waals surface area contributed by atoms with Gasteiger partial charge in [-0.05, 0) is 61.3 Å². The second kappa shape index (κ2) is 11.1. The Labute approximate surface area is 235 Å². The molecule has 1 aliphatic heterocycles. The highest BCUT2D eigenvalue weighted by Crippen LogP contribution is 2.46. The summed E-state index contributed by atoms with van der Waals surface area (Å²) in [7, 11) is -6.47. The minimum absolute atomic E-state index is 0.00192. The number of aromatic nitrogens is 3. The van der Waals surface area contributed by atoms with Crippen molar-refractivity contribution in [2.24, 2.45) is 0 Å². The average molecular weight is 588 g/mol. The summed E-state index contributed by atoms with van der Waals surface area (Å²) in [5.41, 5.74) is 0. The number of hydrogen-bond donors (Lipinski definition) is 1. The van der Waals surface area contributed by atoms with Gasteiger partial charge in [0, 0.05) is 0 Å². The van der Waals surface area contributed by atoms with Crippen molar-refractivity contribution in [2.75, 3.05) is 6.61 Å². The third kappa shape index (κ3) is 7.45. The van der Waals surface area contributed by atoms with Crippen LogP contribution >= 0.6 is 0 Å². The van der Waals surface area contributed by atoms with E-state index in [-0.39, 0.29) is 33.4 Å². The van der Waals surface area contributed by atoms with Crippen LogP contribution in [0, 0.1) is 0 Å². The molecule has 0 aliphatic carbocycles. The monoisotopic (exact) mass is 587 g/mol. The molecule has 1 saturated heterocycles. The molecule has 0 spiro atoms. The van der Waals surface area contributed by atoms with Crippen LogP contribution in [-0.2, 0) is 18.0 Å². The Morgan fingerprint density at radius 2 is 1.29 bits per heavy atom. The smallest absolute Gasteiger partial charge is 0.192 e. The zero-order valence-corrected chi connectivity index (χ0v) is 30.1. The van der Waals surface area contributed by atoms with Crippen molar-refractivity contribution in [3.05, 3.63) is 12.2 Å². The number of rotatable bonds is 9. The molecule has 11 heteroatoms. The predicted molar refractivity (Wildman–Crippen MR) is 162 cm³/mol. The average Bonchev–Trinajstić information content (AvgIpc) is 3.29. The van der Waals surface area contributed by atoms with Crippen molar-refractivity contribution in [1.29, 1.82) is 0 Å². The lowest BCUT2D eigenvalue weighted by Crippen LogP contribution is -2.54. The fourth-order valence-corrected chi connectivity index (χ4v) is 7.08. The Balaban J connectivity index is 2.59. The molecule has 222 valence electrons. The van der Waals surface area contributed by atoms with Crippen LogP contribution < -0.4 is 0 Å². The zero-order valence-electron chi connectivity index (χ0n) is 27.1. The van der Waals surface area contributed by atoms with Gasteiger partial charge in [0.1, 0.15) is 30.7 Å². The van der Waals surface area contributed by atoms with E-state index >= 15 is 0 Å².